The van der Waals surface area contributed by atoms with Crippen LogP contribution >= 0.6 is 24.8 Å². The second kappa shape index (κ2) is 8.70. The van der Waals surface area contributed by atoms with Crippen LogP contribution in [-0.4, -0.2) is 47.3 Å². The molecule has 138 valence electrons. The van der Waals surface area contributed by atoms with Crippen molar-refractivity contribution in [3.63, 3.8) is 0 Å². The monoisotopic (exact) mass is 391 g/mol. The summed E-state index contributed by atoms with van der Waals surface area (Å²) in [6, 6.07) is 0.0444. The average molecular weight is 392 g/mol. The standard InChI is InChI=1S/C13H16F3N3O3.2ClH/c1-8-2-3-9(19(21)22)10(11(8)20)12(13(14,15)16)18-6-4-17-5-7-18;;/h2-3,12,17,20H,4-7H2,1H3;2*1H/t12-;;/m1../s1. The molecule has 1 fully saturated rings. The number of aromatic hydroxyl groups is 1. The van der Waals surface area contributed by atoms with Gasteiger partial charge in [0.25, 0.3) is 5.69 Å². The molecule has 0 saturated carbocycles. The summed E-state index contributed by atoms with van der Waals surface area (Å²) in [6.45, 7) is 2.30. The van der Waals surface area contributed by atoms with E-state index in [0.29, 0.717) is 13.1 Å². The zero-order valence-corrected chi connectivity index (χ0v) is 14.3. The maximum Gasteiger partial charge on any atom is 0.408 e. The number of benzene rings is 1. The molecule has 2 rings (SSSR count). The minimum Gasteiger partial charge on any atom is -0.507 e. The molecule has 0 unspecified atom stereocenters. The van der Waals surface area contributed by atoms with E-state index in [9.17, 15) is 28.4 Å². The molecule has 1 atom stereocenters. The minimum absolute atomic E-state index is 0. The molecule has 0 spiro atoms. The summed E-state index contributed by atoms with van der Waals surface area (Å²) in [6.07, 6.45) is -4.73. The predicted molar refractivity (Wildman–Crippen MR) is 87.2 cm³/mol. The van der Waals surface area contributed by atoms with Gasteiger partial charge in [0, 0.05) is 32.2 Å². The Bertz CT molecular complexity index is 582. The van der Waals surface area contributed by atoms with Gasteiger partial charge in [-0.1, -0.05) is 0 Å². The summed E-state index contributed by atoms with van der Waals surface area (Å²) in [5.41, 5.74) is -1.23. The fourth-order valence-corrected chi connectivity index (χ4v) is 2.63. The molecule has 0 aliphatic carbocycles. The molecule has 1 heterocycles. The number of halogens is 5. The molecule has 1 saturated heterocycles. The Hall–Kier alpha value is -1.29. The van der Waals surface area contributed by atoms with E-state index in [1.807, 2.05) is 0 Å². The lowest BCUT2D eigenvalue weighted by molar-refractivity contribution is -0.386. The van der Waals surface area contributed by atoms with Crippen LogP contribution < -0.4 is 5.32 Å². The van der Waals surface area contributed by atoms with Gasteiger partial charge < -0.3 is 10.4 Å². The Balaban J connectivity index is 0.00000264. The van der Waals surface area contributed by atoms with Crippen LogP contribution in [0.5, 0.6) is 5.75 Å². The summed E-state index contributed by atoms with van der Waals surface area (Å²) in [7, 11) is 0. The number of aryl methyl sites for hydroxylation is 1. The Kier molecular flexibility index (Phi) is 8.24. The number of rotatable bonds is 3. The number of phenols is 1. The van der Waals surface area contributed by atoms with Gasteiger partial charge in [-0.25, -0.2) is 0 Å². The first-order valence-corrected chi connectivity index (χ1v) is 6.72. The van der Waals surface area contributed by atoms with Gasteiger partial charge in [0.1, 0.15) is 11.8 Å². The maximum absolute atomic E-state index is 13.5. The lowest BCUT2D eigenvalue weighted by atomic mass is 9.98. The molecular formula is C13H18Cl2F3N3O3. The summed E-state index contributed by atoms with van der Waals surface area (Å²) < 4.78 is 40.6. The largest absolute Gasteiger partial charge is 0.507 e. The Morgan fingerprint density at radius 2 is 1.83 bits per heavy atom. The third-order valence-electron chi connectivity index (χ3n) is 3.69. The number of nitrogens with one attached hydrogen (secondary N) is 1. The second-order valence-electron chi connectivity index (χ2n) is 5.15. The fourth-order valence-electron chi connectivity index (χ4n) is 2.63. The second-order valence-corrected chi connectivity index (χ2v) is 5.15. The van der Waals surface area contributed by atoms with Crippen molar-refractivity contribution in [2.75, 3.05) is 26.2 Å². The Morgan fingerprint density at radius 3 is 2.29 bits per heavy atom. The molecule has 0 aromatic heterocycles. The van der Waals surface area contributed by atoms with Gasteiger partial charge in [-0.3, -0.25) is 15.0 Å². The van der Waals surface area contributed by atoms with Crippen LogP contribution in [0.15, 0.2) is 12.1 Å². The highest BCUT2D eigenvalue weighted by Crippen LogP contribution is 2.46. The highest BCUT2D eigenvalue weighted by Gasteiger charge is 2.49. The van der Waals surface area contributed by atoms with Crippen molar-refractivity contribution >= 4 is 30.5 Å². The van der Waals surface area contributed by atoms with Crippen LogP contribution in [-0.2, 0) is 0 Å². The van der Waals surface area contributed by atoms with Crippen molar-refractivity contribution in [2.24, 2.45) is 0 Å². The zero-order valence-electron chi connectivity index (χ0n) is 12.7. The molecule has 2 N–H and O–H groups in total. The summed E-state index contributed by atoms with van der Waals surface area (Å²) in [5, 5.41) is 24.1. The lowest BCUT2D eigenvalue weighted by Gasteiger charge is -2.36. The van der Waals surface area contributed by atoms with Gasteiger partial charge in [0.2, 0.25) is 0 Å². The van der Waals surface area contributed by atoms with Crippen molar-refractivity contribution in [2.45, 2.75) is 19.1 Å². The van der Waals surface area contributed by atoms with Gasteiger partial charge in [0.15, 0.2) is 0 Å². The first-order chi connectivity index (χ1) is 10.2. The maximum atomic E-state index is 13.5. The molecule has 0 radical (unpaired) electrons. The van der Waals surface area contributed by atoms with Crippen molar-refractivity contribution in [1.29, 1.82) is 0 Å². The molecule has 0 amide bonds. The van der Waals surface area contributed by atoms with Gasteiger partial charge >= 0.3 is 6.18 Å². The molecule has 6 nitrogen and oxygen atoms in total. The predicted octanol–water partition coefficient (Wildman–Crippen LogP) is 2.96. The van der Waals surface area contributed by atoms with E-state index in [4.69, 9.17) is 0 Å². The average Bonchev–Trinajstić information content (AvgIpc) is 2.43. The number of hydrogen-bond donors (Lipinski definition) is 2. The van der Waals surface area contributed by atoms with Gasteiger partial charge in [-0.05, 0) is 18.6 Å². The van der Waals surface area contributed by atoms with E-state index in [2.05, 4.69) is 5.32 Å². The van der Waals surface area contributed by atoms with Crippen LogP contribution in [0.25, 0.3) is 0 Å². The molecule has 1 aliphatic rings. The smallest absolute Gasteiger partial charge is 0.408 e. The topological polar surface area (TPSA) is 78.6 Å². The van der Waals surface area contributed by atoms with E-state index in [0.717, 1.165) is 11.0 Å². The number of alkyl halides is 3. The van der Waals surface area contributed by atoms with Crippen molar-refractivity contribution in [3.8, 4) is 5.75 Å². The van der Waals surface area contributed by atoms with E-state index in [1.165, 1.54) is 13.0 Å². The number of phenolic OH excluding ortho intramolecular Hbond substituents is 1. The van der Waals surface area contributed by atoms with Gasteiger partial charge in [-0.2, -0.15) is 13.2 Å². The summed E-state index contributed by atoms with van der Waals surface area (Å²) in [4.78, 5) is 11.3. The van der Waals surface area contributed by atoms with Crippen molar-refractivity contribution < 1.29 is 23.2 Å². The van der Waals surface area contributed by atoms with Crippen molar-refractivity contribution in [3.05, 3.63) is 33.4 Å². The third kappa shape index (κ3) is 4.62. The Labute approximate surface area is 149 Å². The van der Waals surface area contributed by atoms with Crippen LogP contribution in [0.3, 0.4) is 0 Å². The third-order valence-corrected chi connectivity index (χ3v) is 3.69. The molecule has 11 heteroatoms. The first-order valence-electron chi connectivity index (χ1n) is 6.72. The molecular weight excluding hydrogens is 374 g/mol. The molecule has 0 bridgehead atoms. The van der Waals surface area contributed by atoms with E-state index >= 15 is 0 Å². The molecule has 24 heavy (non-hydrogen) atoms. The Morgan fingerprint density at radius 1 is 1.29 bits per heavy atom. The summed E-state index contributed by atoms with van der Waals surface area (Å²) in [5.74, 6) is -0.671. The number of nitrogens with zero attached hydrogens (tertiary/aromatic N) is 2. The van der Waals surface area contributed by atoms with Gasteiger partial charge in [-0.15, -0.1) is 24.8 Å². The van der Waals surface area contributed by atoms with Crippen molar-refractivity contribution in [1.82, 2.24) is 10.2 Å². The highest BCUT2D eigenvalue weighted by atomic mass is 35.5. The van der Waals surface area contributed by atoms with Crippen LogP contribution in [0, 0.1) is 17.0 Å². The molecule has 1 aromatic rings. The first kappa shape index (κ1) is 22.7. The normalized spacial score (nSPS) is 16.7. The van der Waals surface area contributed by atoms with Crippen LogP contribution in [0.4, 0.5) is 18.9 Å². The van der Waals surface area contributed by atoms with E-state index < -0.39 is 34.1 Å². The fraction of sp³-hybridized carbons (Fsp3) is 0.538. The van der Waals surface area contributed by atoms with E-state index in [1.54, 1.807) is 0 Å². The lowest BCUT2D eigenvalue weighted by Crippen LogP contribution is -2.49. The SMILES string of the molecule is Cc1ccc([N+](=O)[O-])c([C@@H](N2CCNCC2)C(F)(F)F)c1O.Cl.Cl. The number of piperazine rings is 1. The highest BCUT2D eigenvalue weighted by molar-refractivity contribution is 5.85. The number of nitro benzene ring substituents is 1. The quantitative estimate of drug-likeness (QED) is 0.611. The van der Waals surface area contributed by atoms with E-state index in [-0.39, 0.29) is 43.5 Å². The van der Waals surface area contributed by atoms with Crippen LogP contribution in [0.2, 0.25) is 0 Å². The molecule has 1 aromatic carbocycles. The number of hydrogen-bond acceptors (Lipinski definition) is 5. The zero-order chi connectivity index (χ0) is 16.5. The van der Waals surface area contributed by atoms with Crippen LogP contribution in [0.1, 0.15) is 17.2 Å². The molecule has 1 aliphatic heterocycles. The minimum atomic E-state index is -4.73. The van der Waals surface area contributed by atoms with Gasteiger partial charge in [0.05, 0.1) is 10.5 Å². The summed E-state index contributed by atoms with van der Waals surface area (Å²) >= 11 is 0. The number of nitro groups is 1.